The van der Waals surface area contributed by atoms with Gasteiger partial charge < -0.3 is 18.9 Å². The molecule has 0 spiro atoms. The average molecular weight is 1290 g/mol. The van der Waals surface area contributed by atoms with Crippen molar-refractivity contribution >= 4 is 19.8 Å². The van der Waals surface area contributed by atoms with Crippen LogP contribution in [0.4, 0.5) is 0 Å². The molecule has 1 N–H and O–H groups in total. The van der Waals surface area contributed by atoms with E-state index in [0.29, 0.717) is 23.9 Å². The third-order valence-electron chi connectivity index (χ3n) is 14.3. The van der Waals surface area contributed by atoms with Crippen LogP contribution < -0.4 is 0 Å². The number of carbonyl (C=O) groups excluding carboxylic acids is 2. The molecular weight excluding hydrogens is 1160 g/mol. The molecule has 0 aromatic carbocycles. The number of allylic oxidation sites excluding steroid dienone is 34. The number of likely N-dealkylation sites (N-methyl/N-ethyl adjacent to an activating group) is 1. The van der Waals surface area contributed by atoms with Gasteiger partial charge in [0.2, 0.25) is 0 Å². The van der Waals surface area contributed by atoms with Crippen molar-refractivity contribution in [1.82, 2.24) is 0 Å². The van der Waals surface area contributed by atoms with E-state index in [1.54, 1.807) is 0 Å². The molecule has 9 nitrogen and oxygen atoms in total. The number of carbonyl (C=O) groups is 2. The zero-order valence-electron chi connectivity index (χ0n) is 58.7. The van der Waals surface area contributed by atoms with Gasteiger partial charge in [-0.3, -0.25) is 18.6 Å². The number of esters is 2. The topological polar surface area (TPSA) is 108 Å². The second-order valence-corrected chi connectivity index (χ2v) is 25.6. The molecule has 92 heavy (non-hydrogen) atoms. The van der Waals surface area contributed by atoms with E-state index < -0.39 is 26.5 Å². The first kappa shape index (κ1) is 86.6. The molecular formula is C82H131NO8P+. The van der Waals surface area contributed by atoms with Crippen LogP contribution in [0.15, 0.2) is 207 Å². The van der Waals surface area contributed by atoms with Gasteiger partial charge in [0.15, 0.2) is 6.10 Å². The van der Waals surface area contributed by atoms with E-state index in [1.807, 2.05) is 21.1 Å². The van der Waals surface area contributed by atoms with E-state index in [0.717, 1.165) is 161 Å². The normalized spacial score (nSPS) is 14.4. The summed E-state index contributed by atoms with van der Waals surface area (Å²) in [6.45, 7) is 4.16. The van der Waals surface area contributed by atoms with Gasteiger partial charge in [-0.15, -0.1) is 0 Å². The van der Waals surface area contributed by atoms with E-state index >= 15 is 0 Å². The van der Waals surface area contributed by atoms with Gasteiger partial charge >= 0.3 is 19.8 Å². The molecule has 0 aliphatic carbocycles. The molecule has 2 unspecified atom stereocenters. The number of phosphoric acid groups is 1. The van der Waals surface area contributed by atoms with Gasteiger partial charge in [-0.25, -0.2) is 4.57 Å². The van der Waals surface area contributed by atoms with Crippen molar-refractivity contribution in [3.63, 3.8) is 0 Å². The molecule has 0 aliphatic rings. The zero-order chi connectivity index (χ0) is 66.9. The molecule has 0 radical (unpaired) electrons. The van der Waals surface area contributed by atoms with Crippen LogP contribution in [-0.4, -0.2) is 74.9 Å². The standard InChI is InChI=1S/C82H130NO8P/c1-6-8-10-12-14-16-18-20-22-24-26-28-30-32-34-36-37-38-39-40-41-42-43-44-45-47-49-51-53-55-57-59-61-63-65-67-69-71-73-75-82(85)91-80(79-90-92(86,87)89-77-76-83(3,4)5)78-88-81(84)74-72-70-68-66-64-62-60-58-56-54-52-50-48-46-35-33-31-29-27-25-23-21-19-17-15-13-11-9-7-2/h8-11,14-17,20-23,26-29,32-35,37-38,40-41,43-44,47-50,53-56,80H,6-7,12-13,18-19,24-25,30-31,36,39,42,45-46,51-52,57-79H2,1-5H3/p+1/b10-8-,11-9-,16-14-,17-15-,22-20-,23-21-,28-26-,29-27-,34-32-,35-33-,38-37-,41-40-,44-43-,49-47-,50-48-,55-53-,56-54-. The predicted octanol–water partition coefficient (Wildman–Crippen LogP) is 23.8. The Hall–Kier alpha value is -5.41. The first-order chi connectivity index (χ1) is 45.0. The lowest BCUT2D eigenvalue weighted by Gasteiger charge is -2.24. The van der Waals surface area contributed by atoms with Crippen LogP contribution in [0.5, 0.6) is 0 Å². The van der Waals surface area contributed by atoms with Gasteiger partial charge in [-0.2, -0.15) is 0 Å². The first-order valence-corrected chi connectivity index (χ1v) is 37.3. The molecule has 0 aromatic rings. The summed E-state index contributed by atoms with van der Waals surface area (Å²) in [5, 5.41) is 0. The summed E-state index contributed by atoms with van der Waals surface area (Å²) in [7, 11) is 1.44. The van der Waals surface area contributed by atoms with E-state index in [1.165, 1.54) is 44.9 Å². The van der Waals surface area contributed by atoms with Crippen molar-refractivity contribution in [2.24, 2.45) is 0 Å². The Morgan fingerprint density at radius 3 is 0.870 bits per heavy atom. The smallest absolute Gasteiger partial charge is 0.462 e. The van der Waals surface area contributed by atoms with Crippen LogP contribution in [-0.2, 0) is 32.7 Å². The highest BCUT2D eigenvalue weighted by atomic mass is 31.2. The van der Waals surface area contributed by atoms with Crippen LogP contribution in [0.2, 0.25) is 0 Å². The Labute approximate surface area is 564 Å². The molecule has 0 amide bonds. The van der Waals surface area contributed by atoms with Crippen LogP contribution in [0.25, 0.3) is 0 Å². The first-order valence-electron chi connectivity index (χ1n) is 35.8. The van der Waals surface area contributed by atoms with E-state index in [2.05, 4.69) is 220 Å². The molecule has 0 fully saturated rings. The number of unbranched alkanes of at least 4 members (excludes halogenated alkanes) is 15. The zero-order valence-corrected chi connectivity index (χ0v) is 59.6. The largest absolute Gasteiger partial charge is 0.472 e. The summed E-state index contributed by atoms with van der Waals surface area (Å²) in [6.07, 6.45) is 111. The lowest BCUT2D eigenvalue weighted by Crippen LogP contribution is -2.37. The number of phosphoric ester groups is 1. The van der Waals surface area contributed by atoms with Crippen molar-refractivity contribution in [1.29, 1.82) is 0 Å². The van der Waals surface area contributed by atoms with Crippen LogP contribution in [0.1, 0.15) is 245 Å². The Morgan fingerprint density at radius 1 is 0.337 bits per heavy atom. The summed E-state index contributed by atoms with van der Waals surface area (Å²) >= 11 is 0. The molecule has 0 rings (SSSR count). The van der Waals surface area contributed by atoms with Crippen LogP contribution in [0.3, 0.4) is 0 Å². The third kappa shape index (κ3) is 73.6. The van der Waals surface area contributed by atoms with Crippen molar-refractivity contribution in [3.05, 3.63) is 207 Å². The molecule has 10 heteroatoms. The molecule has 0 saturated carbocycles. The Morgan fingerprint density at radius 2 is 0.587 bits per heavy atom. The van der Waals surface area contributed by atoms with Gasteiger partial charge in [0.1, 0.15) is 19.8 Å². The predicted molar refractivity (Wildman–Crippen MR) is 398 cm³/mol. The molecule has 0 heterocycles. The highest BCUT2D eigenvalue weighted by Crippen LogP contribution is 2.43. The van der Waals surface area contributed by atoms with Gasteiger partial charge in [-0.1, -0.05) is 291 Å². The number of hydrogen-bond donors (Lipinski definition) is 1. The minimum absolute atomic E-state index is 0.0164. The minimum atomic E-state index is -4.41. The summed E-state index contributed by atoms with van der Waals surface area (Å²) in [6, 6.07) is 0. The van der Waals surface area contributed by atoms with Crippen molar-refractivity contribution in [2.75, 3.05) is 47.5 Å². The lowest BCUT2D eigenvalue weighted by atomic mass is 10.1. The van der Waals surface area contributed by atoms with Crippen molar-refractivity contribution < 1.29 is 42.1 Å². The highest BCUT2D eigenvalue weighted by Gasteiger charge is 2.27. The SMILES string of the molecule is CC/C=C\C/C=C\C/C=C\C/C=C\C/C=C\C/C=C\C/C=C\C/C=C\C/C=C\C/C=C\CCCCCCCCCCC(=O)OC(COC(=O)CCCCCCCCC/C=C\C/C=C\C/C=C\C/C=C\C/C=C\C/C=C\C/C=C\CC)COP(=O)(O)OCC[N+](C)(C)C. The fraction of sp³-hybridized carbons (Fsp3) is 0.561. The summed E-state index contributed by atoms with van der Waals surface area (Å²) in [5.41, 5.74) is 0. The van der Waals surface area contributed by atoms with Crippen molar-refractivity contribution in [2.45, 2.75) is 251 Å². The second kappa shape index (κ2) is 69.9. The average Bonchev–Trinajstić information content (AvgIpc) is 2.14. The lowest BCUT2D eigenvalue weighted by molar-refractivity contribution is -0.870. The molecule has 0 aliphatic heterocycles. The Bertz CT molecular complexity index is 2310. The molecule has 0 saturated heterocycles. The van der Waals surface area contributed by atoms with Gasteiger partial charge in [0, 0.05) is 12.8 Å². The maximum Gasteiger partial charge on any atom is 0.472 e. The molecule has 516 valence electrons. The van der Waals surface area contributed by atoms with Crippen molar-refractivity contribution in [3.8, 4) is 0 Å². The van der Waals surface area contributed by atoms with Gasteiger partial charge in [-0.05, 0) is 148 Å². The number of quaternary nitrogens is 1. The summed E-state index contributed by atoms with van der Waals surface area (Å²) in [4.78, 5) is 35.9. The fourth-order valence-electron chi connectivity index (χ4n) is 8.91. The maximum atomic E-state index is 12.9. The number of hydrogen-bond acceptors (Lipinski definition) is 7. The van der Waals surface area contributed by atoms with E-state index in [-0.39, 0.29) is 32.0 Å². The Kier molecular flexibility index (Phi) is 65.8. The minimum Gasteiger partial charge on any atom is -0.462 e. The fourth-order valence-corrected chi connectivity index (χ4v) is 9.65. The maximum absolute atomic E-state index is 12.9. The number of ether oxygens (including phenoxy) is 2. The highest BCUT2D eigenvalue weighted by molar-refractivity contribution is 7.47. The molecule has 0 bridgehead atoms. The van der Waals surface area contributed by atoms with E-state index in [4.69, 9.17) is 18.5 Å². The van der Waals surface area contributed by atoms with Gasteiger partial charge in [0.05, 0.1) is 27.7 Å². The van der Waals surface area contributed by atoms with E-state index in [9.17, 15) is 19.0 Å². The second-order valence-electron chi connectivity index (χ2n) is 24.2. The van der Waals surface area contributed by atoms with Gasteiger partial charge in [0.25, 0.3) is 0 Å². The number of rotatable bonds is 63. The third-order valence-corrected chi connectivity index (χ3v) is 15.3. The van der Waals surface area contributed by atoms with Crippen LogP contribution >= 0.6 is 7.82 Å². The Balaban J connectivity index is 4.18. The molecule has 0 aromatic heterocycles. The summed E-state index contributed by atoms with van der Waals surface area (Å²) in [5.74, 6) is -0.835. The quantitative estimate of drug-likeness (QED) is 0.0211. The number of nitrogens with zero attached hydrogens (tertiary/aromatic N) is 1. The monoisotopic (exact) mass is 1290 g/mol. The molecule has 2 atom stereocenters. The summed E-state index contributed by atoms with van der Waals surface area (Å²) < 4.78 is 34.7. The van der Waals surface area contributed by atoms with Crippen LogP contribution in [0, 0.1) is 0 Å².